The molecule has 9 heteroatoms. The van der Waals surface area contributed by atoms with Crippen LogP contribution in [0.5, 0.6) is 0 Å². The molecule has 1 N–H and O–H groups in total. The first-order chi connectivity index (χ1) is 16.6. The molecule has 1 atom stereocenters. The molecule has 174 valence electrons. The second-order valence-corrected chi connectivity index (χ2v) is 8.71. The van der Waals surface area contributed by atoms with Crippen LogP contribution in [-0.2, 0) is 4.74 Å². The van der Waals surface area contributed by atoms with Crippen LogP contribution in [0.4, 0.5) is 0 Å². The number of allylic oxidation sites excluding steroid dienone is 1. The molecule has 1 saturated carbocycles. The van der Waals surface area contributed by atoms with Crippen molar-refractivity contribution in [3.63, 3.8) is 0 Å². The Balaban J connectivity index is 1.38. The maximum absolute atomic E-state index is 12.4. The minimum Gasteiger partial charge on any atom is -0.372 e. The van der Waals surface area contributed by atoms with Crippen LogP contribution >= 0.6 is 11.6 Å². The first kappa shape index (κ1) is 22.4. The van der Waals surface area contributed by atoms with Crippen molar-refractivity contribution in [1.82, 2.24) is 25.1 Å². The van der Waals surface area contributed by atoms with Crippen molar-refractivity contribution in [2.75, 3.05) is 13.2 Å². The van der Waals surface area contributed by atoms with Crippen molar-refractivity contribution in [1.29, 1.82) is 0 Å². The Morgan fingerprint density at radius 1 is 1.18 bits per heavy atom. The van der Waals surface area contributed by atoms with Crippen molar-refractivity contribution < 1.29 is 9.53 Å². The summed E-state index contributed by atoms with van der Waals surface area (Å²) in [5.41, 5.74) is 1.97. The fourth-order valence-electron chi connectivity index (χ4n) is 4.27. The largest absolute Gasteiger partial charge is 0.372 e. The number of amides is 1. The highest BCUT2D eigenvalue weighted by Gasteiger charge is 2.36. The molecular weight excluding hydrogens is 452 g/mol. The number of hydrogen-bond donors (Lipinski definition) is 1. The summed E-state index contributed by atoms with van der Waals surface area (Å²) in [6.07, 6.45) is 7.04. The van der Waals surface area contributed by atoms with Crippen LogP contribution in [0.3, 0.4) is 0 Å². The minimum atomic E-state index is -0.164. The van der Waals surface area contributed by atoms with Crippen LogP contribution in [0.15, 0.2) is 65.8 Å². The van der Waals surface area contributed by atoms with Crippen molar-refractivity contribution in [2.24, 2.45) is 4.99 Å². The molecular formula is C25H25ClN6O2. The van der Waals surface area contributed by atoms with E-state index in [-0.39, 0.29) is 24.0 Å². The van der Waals surface area contributed by atoms with Gasteiger partial charge in [0.25, 0.3) is 5.91 Å². The fourth-order valence-corrected chi connectivity index (χ4v) is 4.49. The molecule has 2 aliphatic rings. The van der Waals surface area contributed by atoms with E-state index in [0.29, 0.717) is 29.7 Å². The Labute approximate surface area is 202 Å². The molecule has 1 aliphatic carbocycles. The van der Waals surface area contributed by atoms with Gasteiger partial charge >= 0.3 is 0 Å². The van der Waals surface area contributed by atoms with E-state index < -0.39 is 0 Å². The third-order valence-corrected chi connectivity index (χ3v) is 6.36. The number of hydrogen-bond acceptors (Lipinski definition) is 6. The van der Waals surface area contributed by atoms with E-state index in [0.717, 1.165) is 30.1 Å². The van der Waals surface area contributed by atoms with Gasteiger partial charge < -0.3 is 10.1 Å². The number of nitrogens with one attached hydrogen (secondary N) is 1. The summed E-state index contributed by atoms with van der Waals surface area (Å²) in [7, 11) is 0. The third kappa shape index (κ3) is 4.51. The maximum Gasteiger partial charge on any atom is 0.270 e. The second-order valence-electron chi connectivity index (χ2n) is 8.30. The lowest BCUT2D eigenvalue weighted by molar-refractivity contribution is 0.0902. The molecule has 1 aliphatic heterocycles. The number of rotatable bonds is 7. The lowest BCUT2D eigenvalue weighted by atomic mass is 9.79. The number of aliphatic imine (C=N–C) groups is 1. The summed E-state index contributed by atoms with van der Waals surface area (Å²) in [5, 5.41) is 12.7. The number of halogens is 1. The van der Waals surface area contributed by atoms with Gasteiger partial charge in [-0.15, -0.1) is 10.2 Å². The van der Waals surface area contributed by atoms with Crippen LogP contribution in [0.2, 0.25) is 5.02 Å². The predicted octanol–water partition coefficient (Wildman–Crippen LogP) is 3.76. The standard InChI is InChI=1S/C25H25ClN6O2/c1-2-34-18-10-11-20(28-15-18)24-31-30-23(32(24)22-9-4-3-7-19(22)26)16-13-17(14-16)29-25(33)21-8-5-6-12-27-21/h3-12,16-18H,2,13-15H2,1H3,(H,29,33)/t16-,17-,18?. The normalized spacial score (nSPS) is 21.6. The average Bonchev–Trinajstić information content (AvgIpc) is 3.26. The van der Waals surface area contributed by atoms with Gasteiger partial charge in [0.1, 0.15) is 17.2 Å². The second kappa shape index (κ2) is 9.87. The Morgan fingerprint density at radius 3 is 2.71 bits per heavy atom. The van der Waals surface area contributed by atoms with Crippen molar-refractivity contribution in [3.8, 4) is 5.69 Å². The molecule has 1 unspecified atom stereocenters. The Bertz CT molecular complexity index is 1230. The highest BCUT2D eigenvalue weighted by atomic mass is 35.5. The molecule has 0 spiro atoms. The van der Waals surface area contributed by atoms with Crippen molar-refractivity contribution >= 4 is 23.2 Å². The summed E-state index contributed by atoms with van der Waals surface area (Å²) in [4.78, 5) is 21.3. The monoisotopic (exact) mass is 476 g/mol. The van der Waals surface area contributed by atoms with E-state index in [9.17, 15) is 4.79 Å². The summed E-state index contributed by atoms with van der Waals surface area (Å²) >= 11 is 6.58. The molecule has 1 amide bonds. The molecule has 1 fully saturated rings. The Kier molecular flexibility index (Phi) is 6.51. The number of pyridine rings is 1. The number of para-hydroxylation sites is 1. The van der Waals surface area contributed by atoms with Crippen LogP contribution < -0.4 is 5.32 Å². The highest BCUT2D eigenvalue weighted by molar-refractivity contribution is 6.32. The minimum absolute atomic E-state index is 0.0278. The molecule has 34 heavy (non-hydrogen) atoms. The van der Waals surface area contributed by atoms with E-state index in [1.54, 1.807) is 24.4 Å². The average molecular weight is 477 g/mol. The summed E-state index contributed by atoms with van der Waals surface area (Å²) < 4.78 is 7.64. The number of carbonyl (C=O) groups excluding carboxylic acids is 1. The van der Waals surface area contributed by atoms with Crippen molar-refractivity contribution in [2.45, 2.75) is 37.8 Å². The van der Waals surface area contributed by atoms with E-state index >= 15 is 0 Å². The van der Waals surface area contributed by atoms with Gasteiger partial charge in [0.2, 0.25) is 0 Å². The quantitative estimate of drug-likeness (QED) is 0.560. The van der Waals surface area contributed by atoms with Crippen molar-refractivity contribution in [3.05, 3.63) is 83.2 Å². The first-order valence-corrected chi connectivity index (χ1v) is 11.8. The third-order valence-electron chi connectivity index (χ3n) is 6.04. The molecule has 0 radical (unpaired) electrons. The SMILES string of the molecule is CCOC1C=CC(c2nnc([C@H]3C[C@H](NC(=O)c4ccccn4)C3)n2-c2ccccc2Cl)=NC1. The van der Waals surface area contributed by atoms with E-state index in [2.05, 4.69) is 20.5 Å². The molecule has 2 aromatic heterocycles. The molecule has 1 aromatic carbocycles. The van der Waals surface area contributed by atoms with Crippen LogP contribution in [0.25, 0.3) is 5.69 Å². The number of nitrogens with zero attached hydrogens (tertiary/aromatic N) is 5. The number of ether oxygens (including phenoxy) is 1. The van der Waals surface area contributed by atoms with Gasteiger partial charge in [0.05, 0.1) is 23.4 Å². The van der Waals surface area contributed by atoms with E-state index in [1.807, 2.05) is 47.9 Å². The molecule has 5 rings (SSSR count). The van der Waals surface area contributed by atoms with Gasteiger partial charge in [0, 0.05) is 24.8 Å². The van der Waals surface area contributed by atoms with Gasteiger partial charge in [-0.1, -0.05) is 35.9 Å². The summed E-state index contributed by atoms with van der Waals surface area (Å²) in [5.74, 6) is 1.43. The number of benzene rings is 1. The highest BCUT2D eigenvalue weighted by Crippen LogP contribution is 2.38. The number of carbonyl (C=O) groups is 1. The zero-order valence-electron chi connectivity index (χ0n) is 18.8. The first-order valence-electron chi connectivity index (χ1n) is 11.4. The van der Waals surface area contributed by atoms with Gasteiger partial charge in [0.15, 0.2) is 5.82 Å². The van der Waals surface area contributed by atoms with Gasteiger partial charge in [-0.25, -0.2) is 0 Å². The van der Waals surface area contributed by atoms with Crippen LogP contribution in [0.1, 0.15) is 47.8 Å². The summed E-state index contributed by atoms with van der Waals surface area (Å²) in [6, 6.07) is 13.0. The zero-order valence-corrected chi connectivity index (χ0v) is 19.5. The van der Waals surface area contributed by atoms with Crippen LogP contribution in [0, 0.1) is 0 Å². The van der Waals surface area contributed by atoms with Gasteiger partial charge in [-0.3, -0.25) is 19.3 Å². The molecule has 3 heterocycles. The van der Waals surface area contributed by atoms with Gasteiger partial charge in [-0.2, -0.15) is 0 Å². The Hall–Kier alpha value is -3.36. The van der Waals surface area contributed by atoms with Gasteiger partial charge in [-0.05, 0) is 50.1 Å². The lowest BCUT2D eigenvalue weighted by Gasteiger charge is -2.35. The molecule has 8 nitrogen and oxygen atoms in total. The smallest absolute Gasteiger partial charge is 0.270 e. The Morgan fingerprint density at radius 2 is 2.00 bits per heavy atom. The maximum atomic E-state index is 12.4. The molecule has 3 aromatic rings. The van der Waals surface area contributed by atoms with E-state index in [4.69, 9.17) is 21.3 Å². The fraction of sp³-hybridized carbons (Fsp3) is 0.320. The number of aromatic nitrogens is 4. The number of dihydropyridines is 1. The summed E-state index contributed by atoms with van der Waals surface area (Å²) in [6.45, 7) is 3.15. The zero-order chi connectivity index (χ0) is 23.5. The van der Waals surface area contributed by atoms with Crippen LogP contribution in [-0.4, -0.2) is 56.7 Å². The molecule has 0 bridgehead atoms. The topological polar surface area (TPSA) is 94.3 Å². The molecule has 0 saturated heterocycles. The predicted molar refractivity (Wildman–Crippen MR) is 130 cm³/mol. The van der Waals surface area contributed by atoms with E-state index in [1.165, 1.54) is 0 Å². The lowest BCUT2D eigenvalue weighted by Crippen LogP contribution is -2.44.